The van der Waals surface area contributed by atoms with Crippen LogP contribution in [-0.4, -0.2) is 94.4 Å². The van der Waals surface area contributed by atoms with Crippen molar-refractivity contribution in [3.8, 4) is 22.8 Å². The van der Waals surface area contributed by atoms with Gasteiger partial charge >= 0.3 is 0 Å². The number of para-hydroxylation sites is 1. The molecule has 4 N–H and O–H groups in total. The second kappa shape index (κ2) is 16.3. The van der Waals surface area contributed by atoms with Gasteiger partial charge in [0, 0.05) is 47.8 Å². The Kier molecular flexibility index (Phi) is 10.9. The van der Waals surface area contributed by atoms with Gasteiger partial charge in [-0.25, -0.2) is 4.68 Å². The molecule has 2 unspecified atom stereocenters. The van der Waals surface area contributed by atoms with Crippen molar-refractivity contribution in [1.82, 2.24) is 24.9 Å². The van der Waals surface area contributed by atoms with Gasteiger partial charge in [-0.1, -0.05) is 24.3 Å². The average molecular weight is 764 g/mol. The van der Waals surface area contributed by atoms with Crippen molar-refractivity contribution in [2.45, 2.75) is 55.6 Å². The molecule has 0 spiro atoms. The smallest absolute Gasteiger partial charge is 0.255 e. The van der Waals surface area contributed by atoms with Crippen molar-refractivity contribution >= 4 is 41.2 Å². The summed E-state index contributed by atoms with van der Waals surface area (Å²) in [6.45, 7) is 5.13. The number of nitrogens with two attached hydrogens (primary N) is 1. The molecule has 286 valence electrons. The van der Waals surface area contributed by atoms with Crippen LogP contribution in [0.15, 0.2) is 77.7 Å². The van der Waals surface area contributed by atoms with Crippen molar-refractivity contribution in [3.63, 3.8) is 0 Å². The second-order valence-electron chi connectivity index (χ2n) is 14.4. The zero-order valence-electron chi connectivity index (χ0n) is 30.6. The standard InChI is InChI=1S/C41H45N7O6S/c42-38(50)36-37(27-9-11-29(12-10-27)54-28-5-2-1-3-6-28)45-48-32(15-18-43-39(36)48)26-16-19-46(20-17-26)21-22-53-23-24-55-34-8-4-7-30-31(34)25-47(41(30)52)33-13-14-35(49)44-40(33)51/h1-12,26,32-33,43H,13-25H2,(H2,42,50)(H,44,49,51). The normalized spacial score (nSPS) is 20.1. The summed E-state index contributed by atoms with van der Waals surface area (Å²) in [5.41, 5.74) is 9.33. The van der Waals surface area contributed by atoms with Crippen LogP contribution in [0, 0.1) is 5.92 Å². The van der Waals surface area contributed by atoms with E-state index in [1.54, 1.807) is 16.7 Å². The number of hydrogen-bond donors (Lipinski definition) is 3. The molecule has 13 nitrogen and oxygen atoms in total. The number of primary amides is 1. The lowest BCUT2D eigenvalue weighted by atomic mass is 9.87. The first-order chi connectivity index (χ1) is 26.8. The Bertz CT molecular complexity index is 2060. The van der Waals surface area contributed by atoms with E-state index < -0.39 is 17.9 Å². The molecule has 4 aliphatic heterocycles. The van der Waals surface area contributed by atoms with Crippen LogP contribution in [0.4, 0.5) is 5.82 Å². The van der Waals surface area contributed by atoms with Crippen molar-refractivity contribution in [2.24, 2.45) is 11.7 Å². The first kappa shape index (κ1) is 36.8. The number of anilines is 1. The SMILES string of the molecule is NC(=O)c1c(-c2ccc(Oc3ccccc3)cc2)nn2c1NCCC2C1CCN(CCOCCSc2cccc3c2CN(C2CCC(=O)NC2=O)C3=O)CC1. The quantitative estimate of drug-likeness (QED) is 0.0952. The number of thioether (sulfide) groups is 1. The lowest BCUT2D eigenvalue weighted by Gasteiger charge is -2.38. The van der Waals surface area contributed by atoms with Gasteiger partial charge in [0.05, 0.1) is 19.3 Å². The Morgan fingerprint density at radius 1 is 0.909 bits per heavy atom. The molecular weight excluding hydrogens is 719 g/mol. The van der Waals surface area contributed by atoms with E-state index >= 15 is 0 Å². The number of ether oxygens (including phenoxy) is 2. The number of benzene rings is 3. The van der Waals surface area contributed by atoms with Crippen LogP contribution in [-0.2, 0) is 20.9 Å². The third-order valence-corrected chi connectivity index (χ3v) is 12.1. The highest BCUT2D eigenvalue weighted by molar-refractivity contribution is 7.99. The highest BCUT2D eigenvalue weighted by atomic mass is 32.2. The molecule has 4 aromatic rings. The molecule has 3 aromatic carbocycles. The Morgan fingerprint density at radius 2 is 1.69 bits per heavy atom. The summed E-state index contributed by atoms with van der Waals surface area (Å²) in [6.07, 6.45) is 3.57. The van der Waals surface area contributed by atoms with Crippen LogP contribution in [0.3, 0.4) is 0 Å². The number of carbonyl (C=O) groups excluding carboxylic acids is 4. The van der Waals surface area contributed by atoms with Crippen molar-refractivity contribution in [1.29, 1.82) is 0 Å². The summed E-state index contributed by atoms with van der Waals surface area (Å²) < 4.78 is 14.0. The molecule has 14 heteroatoms. The minimum Gasteiger partial charge on any atom is -0.457 e. The Morgan fingerprint density at radius 3 is 2.45 bits per heavy atom. The van der Waals surface area contributed by atoms with Crippen molar-refractivity contribution in [2.75, 3.05) is 50.5 Å². The van der Waals surface area contributed by atoms with E-state index in [0.29, 0.717) is 60.5 Å². The minimum absolute atomic E-state index is 0.158. The zero-order chi connectivity index (χ0) is 37.9. The van der Waals surface area contributed by atoms with Gasteiger partial charge in [0.25, 0.3) is 11.8 Å². The van der Waals surface area contributed by atoms with Crippen LogP contribution in [0.25, 0.3) is 11.3 Å². The molecular formula is C41H45N7O6S. The molecule has 8 rings (SSSR count). The molecule has 2 fully saturated rings. The summed E-state index contributed by atoms with van der Waals surface area (Å²) in [5, 5.41) is 10.8. The molecule has 0 aliphatic carbocycles. The van der Waals surface area contributed by atoms with Gasteiger partial charge in [-0.05, 0) is 98.8 Å². The molecule has 0 radical (unpaired) electrons. The number of imide groups is 1. The third kappa shape index (κ3) is 7.84. The third-order valence-electron chi connectivity index (χ3n) is 11.1. The van der Waals surface area contributed by atoms with Crippen LogP contribution >= 0.6 is 11.8 Å². The molecule has 1 aromatic heterocycles. The number of nitrogens with one attached hydrogen (secondary N) is 2. The Hall–Kier alpha value is -5.18. The monoisotopic (exact) mass is 763 g/mol. The average Bonchev–Trinajstić information content (AvgIpc) is 3.76. The molecule has 5 heterocycles. The van der Waals surface area contributed by atoms with Crippen LogP contribution in [0.2, 0.25) is 0 Å². The number of likely N-dealkylation sites (tertiary alicyclic amines) is 1. The number of nitrogens with zero attached hydrogens (tertiary/aromatic N) is 4. The molecule has 2 atom stereocenters. The van der Waals surface area contributed by atoms with Gasteiger partial charge in [0.15, 0.2) is 0 Å². The number of hydrogen-bond acceptors (Lipinski definition) is 10. The van der Waals surface area contributed by atoms with E-state index in [1.807, 2.05) is 77.5 Å². The topological polar surface area (TPSA) is 161 Å². The fourth-order valence-corrected chi connectivity index (χ4v) is 9.19. The molecule has 4 aliphatic rings. The first-order valence-corrected chi connectivity index (χ1v) is 20.0. The number of piperidine rings is 2. The number of fused-ring (bicyclic) bond motifs is 2. The number of aromatic nitrogens is 2. The summed E-state index contributed by atoms with van der Waals surface area (Å²) >= 11 is 1.66. The summed E-state index contributed by atoms with van der Waals surface area (Å²) in [5.74, 6) is 1.98. The molecule has 0 saturated carbocycles. The highest BCUT2D eigenvalue weighted by Crippen LogP contribution is 2.40. The van der Waals surface area contributed by atoms with Gasteiger partial charge in [-0.15, -0.1) is 11.8 Å². The predicted octanol–water partition coefficient (Wildman–Crippen LogP) is 5.08. The lowest BCUT2D eigenvalue weighted by Crippen LogP contribution is -2.52. The fraction of sp³-hybridized carbons (Fsp3) is 0.390. The maximum Gasteiger partial charge on any atom is 0.255 e. The Labute approximate surface area is 323 Å². The predicted molar refractivity (Wildman–Crippen MR) is 208 cm³/mol. The fourth-order valence-electron chi connectivity index (χ4n) is 8.24. The van der Waals surface area contributed by atoms with E-state index in [1.165, 1.54) is 0 Å². The summed E-state index contributed by atoms with van der Waals surface area (Å²) in [6, 6.07) is 22.5. The largest absolute Gasteiger partial charge is 0.457 e. The molecule has 4 amide bonds. The van der Waals surface area contributed by atoms with E-state index in [2.05, 4.69) is 15.5 Å². The zero-order valence-corrected chi connectivity index (χ0v) is 31.4. The first-order valence-electron chi connectivity index (χ1n) is 19.0. The summed E-state index contributed by atoms with van der Waals surface area (Å²) in [7, 11) is 0. The van der Waals surface area contributed by atoms with Gasteiger partial charge in [0.1, 0.15) is 34.6 Å². The van der Waals surface area contributed by atoms with Crippen LogP contribution < -0.4 is 21.1 Å². The summed E-state index contributed by atoms with van der Waals surface area (Å²) in [4.78, 5) is 55.1. The van der Waals surface area contributed by atoms with Gasteiger partial charge in [-0.2, -0.15) is 5.10 Å². The number of rotatable bonds is 13. The van der Waals surface area contributed by atoms with E-state index in [4.69, 9.17) is 20.3 Å². The van der Waals surface area contributed by atoms with Gasteiger partial charge < -0.3 is 30.3 Å². The Balaban J connectivity index is 0.808. The minimum atomic E-state index is -0.621. The highest BCUT2D eigenvalue weighted by Gasteiger charge is 2.40. The van der Waals surface area contributed by atoms with E-state index in [-0.39, 0.29) is 24.3 Å². The molecule has 55 heavy (non-hydrogen) atoms. The second-order valence-corrected chi connectivity index (χ2v) is 15.6. The maximum absolute atomic E-state index is 13.1. The van der Waals surface area contributed by atoms with Gasteiger partial charge in [-0.3, -0.25) is 24.5 Å². The van der Waals surface area contributed by atoms with Crippen LogP contribution in [0.5, 0.6) is 11.5 Å². The number of amides is 4. The van der Waals surface area contributed by atoms with Gasteiger partial charge in [0.2, 0.25) is 11.8 Å². The maximum atomic E-state index is 13.1. The van der Waals surface area contributed by atoms with Crippen molar-refractivity contribution < 1.29 is 28.7 Å². The van der Waals surface area contributed by atoms with Crippen molar-refractivity contribution in [3.05, 3.63) is 89.5 Å². The molecule has 2 saturated heterocycles. The van der Waals surface area contributed by atoms with Crippen LogP contribution in [0.1, 0.15) is 64.4 Å². The van der Waals surface area contributed by atoms with E-state index in [0.717, 1.165) is 73.0 Å². The van der Waals surface area contributed by atoms with E-state index in [9.17, 15) is 19.2 Å². The number of carbonyl (C=O) groups is 4. The lowest BCUT2D eigenvalue weighted by molar-refractivity contribution is -0.136. The molecule has 0 bridgehead atoms.